The predicted molar refractivity (Wildman–Crippen MR) is 71.8 cm³/mol. The third-order valence-electron chi connectivity index (χ3n) is 3.02. The normalized spacial score (nSPS) is 15.3. The summed E-state index contributed by atoms with van der Waals surface area (Å²) < 4.78 is 27.7. The minimum Gasteiger partial charge on any atom is -0.462 e. The molecule has 0 spiro atoms. The van der Waals surface area contributed by atoms with E-state index in [1.807, 2.05) is 0 Å². The highest BCUT2D eigenvalue weighted by Crippen LogP contribution is 2.32. The number of hydrogen-bond donors (Lipinski definition) is 0. The fraction of sp³-hybridized carbons (Fsp3) is 0.462. The van der Waals surface area contributed by atoms with E-state index in [-0.39, 0.29) is 10.5 Å². The molecule has 0 amide bonds. The second-order valence-electron chi connectivity index (χ2n) is 4.84. The molecule has 1 aliphatic rings. The molecule has 6 heteroatoms. The maximum absolute atomic E-state index is 11.8. The van der Waals surface area contributed by atoms with Gasteiger partial charge in [0.05, 0.1) is 17.1 Å². The van der Waals surface area contributed by atoms with Crippen LogP contribution in [-0.2, 0) is 13.8 Å². The monoisotopic (exact) mass is 302 g/mol. The van der Waals surface area contributed by atoms with E-state index in [0.29, 0.717) is 18.1 Å². The quantitative estimate of drug-likeness (QED) is 0.620. The Balaban J connectivity index is 2.09. The fourth-order valence-electron chi connectivity index (χ4n) is 1.81. The summed E-state index contributed by atoms with van der Waals surface area (Å²) in [5.41, 5.74) is 0.867. The summed E-state index contributed by atoms with van der Waals surface area (Å²) in [6, 6.07) is 4.25. The molecule has 0 atom stereocenters. The molecule has 0 N–H and O–H groups in total. The Kier molecular flexibility index (Phi) is 4.16. The first kappa shape index (κ1) is 14.3. The Morgan fingerprint density at radius 3 is 2.63 bits per heavy atom. The van der Waals surface area contributed by atoms with Crippen molar-refractivity contribution >= 4 is 25.7 Å². The molecule has 0 radical (unpaired) electrons. The molecule has 104 valence electrons. The number of carbonyl (C=O) groups is 1. The Labute approximate surface area is 117 Å². The number of carbonyl (C=O) groups excluding carboxylic acids is 1. The minimum atomic E-state index is -3.84. The first-order chi connectivity index (χ1) is 8.86. The van der Waals surface area contributed by atoms with Gasteiger partial charge in [-0.3, -0.25) is 0 Å². The SMILES string of the molecule is Cc1cc(C(=O)OCCC2CC2)cc(S(=O)(=O)Cl)c1. The first-order valence-corrected chi connectivity index (χ1v) is 8.40. The van der Waals surface area contributed by atoms with E-state index in [1.54, 1.807) is 13.0 Å². The molecule has 2 rings (SSSR count). The summed E-state index contributed by atoms with van der Waals surface area (Å²) in [5, 5.41) is 0. The van der Waals surface area contributed by atoms with Crippen LogP contribution in [-0.4, -0.2) is 21.0 Å². The van der Waals surface area contributed by atoms with E-state index < -0.39 is 15.0 Å². The van der Waals surface area contributed by atoms with Crippen molar-refractivity contribution in [3.8, 4) is 0 Å². The van der Waals surface area contributed by atoms with E-state index in [2.05, 4.69) is 0 Å². The summed E-state index contributed by atoms with van der Waals surface area (Å²) in [6.45, 7) is 2.08. The maximum Gasteiger partial charge on any atom is 0.338 e. The lowest BCUT2D eigenvalue weighted by atomic mass is 10.1. The Morgan fingerprint density at radius 1 is 1.37 bits per heavy atom. The molecule has 0 aromatic heterocycles. The van der Waals surface area contributed by atoms with Gasteiger partial charge in [-0.15, -0.1) is 0 Å². The van der Waals surface area contributed by atoms with E-state index in [9.17, 15) is 13.2 Å². The van der Waals surface area contributed by atoms with Crippen LogP contribution < -0.4 is 0 Å². The molecule has 1 aromatic carbocycles. The zero-order valence-corrected chi connectivity index (χ0v) is 12.1. The molecular weight excluding hydrogens is 288 g/mol. The second kappa shape index (κ2) is 5.51. The van der Waals surface area contributed by atoms with E-state index in [4.69, 9.17) is 15.4 Å². The zero-order chi connectivity index (χ0) is 14.0. The van der Waals surface area contributed by atoms with Crippen molar-refractivity contribution in [3.05, 3.63) is 29.3 Å². The molecular formula is C13H15ClO4S. The summed E-state index contributed by atoms with van der Waals surface area (Å²) in [7, 11) is 1.44. The number of benzene rings is 1. The smallest absolute Gasteiger partial charge is 0.338 e. The largest absolute Gasteiger partial charge is 0.462 e. The molecule has 0 aliphatic heterocycles. The summed E-state index contributed by atoms with van der Waals surface area (Å²) >= 11 is 0. The standard InChI is InChI=1S/C13H15ClO4S/c1-9-6-11(8-12(7-9)19(14,16)17)13(15)18-5-4-10-2-3-10/h6-8,10H,2-5H2,1H3. The van der Waals surface area contributed by atoms with E-state index in [0.717, 1.165) is 6.42 Å². The van der Waals surface area contributed by atoms with Crippen LogP contribution in [0, 0.1) is 12.8 Å². The van der Waals surface area contributed by atoms with Crippen molar-refractivity contribution in [2.24, 2.45) is 5.92 Å². The molecule has 1 saturated carbocycles. The van der Waals surface area contributed by atoms with E-state index in [1.165, 1.54) is 25.0 Å². The summed E-state index contributed by atoms with van der Waals surface area (Å²) in [5.74, 6) is 0.176. The van der Waals surface area contributed by atoms with Gasteiger partial charge < -0.3 is 4.74 Å². The molecule has 0 bridgehead atoms. The lowest BCUT2D eigenvalue weighted by Crippen LogP contribution is -2.08. The molecule has 19 heavy (non-hydrogen) atoms. The number of halogens is 1. The molecule has 0 unspecified atom stereocenters. The average molecular weight is 303 g/mol. The molecule has 0 saturated heterocycles. The Morgan fingerprint density at radius 2 is 2.05 bits per heavy atom. The van der Waals surface area contributed by atoms with Gasteiger partial charge in [0.1, 0.15) is 0 Å². The van der Waals surface area contributed by atoms with Crippen molar-refractivity contribution in [1.82, 2.24) is 0 Å². The Bertz CT molecular complexity index is 591. The Hall–Kier alpha value is -1.07. The highest BCUT2D eigenvalue weighted by molar-refractivity contribution is 8.13. The van der Waals surface area contributed by atoms with E-state index >= 15 is 0 Å². The molecule has 1 fully saturated rings. The van der Waals surface area contributed by atoms with Crippen molar-refractivity contribution in [2.75, 3.05) is 6.61 Å². The first-order valence-electron chi connectivity index (χ1n) is 6.10. The summed E-state index contributed by atoms with van der Waals surface area (Å²) in [6.07, 6.45) is 3.28. The van der Waals surface area contributed by atoms with Crippen LogP contribution >= 0.6 is 10.7 Å². The second-order valence-corrected chi connectivity index (χ2v) is 7.41. The van der Waals surface area contributed by atoms with Gasteiger partial charge in [0.15, 0.2) is 0 Å². The highest BCUT2D eigenvalue weighted by atomic mass is 35.7. The summed E-state index contributed by atoms with van der Waals surface area (Å²) in [4.78, 5) is 11.7. The zero-order valence-electron chi connectivity index (χ0n) is 10.6. The van der Waals surface area contributed by atoms with Crippen molar-refractivity contribution in [2.45, 2.75) is 31.1 Å². The van der Waals surface area contributed by atoms with Crippen LogP contribution in [0.4, 0.5) is 0 Å². The van der Waals surface area contributed by atoms with Crippen molar-refractivity contribution < 1.29 is 17.9 Å². The van der Waals surface area contributed by atoms with Gasteiger partial charge in [-0.2, -0.15) is 0 Å². The van der Waals surface area contributed by atoms with Gasteiger partial charge in [0, 0.05) is 10.7 Å². The maximum atomic E-state index is 11.8. The average Bonchev–Trinajstić information content (AvgIpc) is 3.11. The molecule has 1 aromatic rings. The number of aryl methyl sites for hydroxylation is 1. The van der Waals surface area contributed by atoms with Gasteiger partial charge >= 0.3 is 5.97 Å². The van der Waals surface area contributed by atoms with Crippen LogP contribution in [0.2, 0.25) is 0 Å². The van der Waals surface area contributed by atoms with Gasteiger partial charge in [-0.25, -0.2) is 13.2 Å². The van der Waals surface area contributed by atoms with Crippen molar-refractivity contribution in [1.29, 1.82) is 0 Å². The van der Waals surface area contributed by atoms with Crippen LogP contribution in [0.1, 0.15) is 35.2 Å². The lowest BCUT2D eigenvalue weighted by Gasteiger charge is -2.06. The van der Waals surface area contributed by atoms with Crippen molar-refractivity contribution in [3.63, 3.8) is 0 Å². The fourth-order valence-corrected chi connectivity index (χ4v) is 2.68. The number of rotatable bonds is 5. The number of ether oxygens (including phenoxy) is 1. The van der Waals surface area contributed by atoms with Crippen LogP contribution in [0.25, 0.3) is 0 Å². The number of esters is 1. The third kappa shape index (κ3) is 4.21. The van der Waals surface area contributed by atoms with Gasteiger partial charge in [0.2, 0.25) is 0 Å². The van der Waals surface area contributed by atoms with Gasteiger partial charge in [0.25, 0.3) is 9.05 Å². The van der Waals surface area contributed by atoms with Gasteiger partial charge in [-0.1, -0.05) is 12.8 Å². The molecule has 0 heterocycles. The topological polar surface area (TPSA) is 60.4 Å². The highest BCUT2D eigenvalue weighted by Gasteiger charge is 2.22. The number of hydrogen-bond acceptors (Lipinski definition) is 4. The molecule has 1 aliphatic carbocycles. The van der Waals surface area contributed by atoms with Crippen LogP contribution in [0.15, 0.2) is 23.1 Å². The van der Waals surface area contributed by atoms with Crippen LogP contribution in [0.5, 0.6) is 0 Å². The lowest BCUT2D eigenvalue weighted by molar-refractivity contribution is 0.0494. The van der Waals surface area contributed by atoms with Crippen LogP contribution in [0.3, 0.4) is 0 Å². The van der Waals surface area contributed by atoms with Gasteiger partial charge in [-0.05, 0) is 43.0 Å². The molecule has 4 nitrogen and oxygen atoms in total. The minimum absolute atomic E-state index is 0.0803. The third-order valence-corrected chi connectivity index (χ3v) is 4.36. The predicted octanol–water partition coefficient (Wildman–Crippen LogP) is 2.88.